The van der Waals surface area contributed by atoms with Crippen molar-refractivity contribution in [3.8, 4) is 0 Å². The smallest absolute Gasteiger partial charge is 0.0244 e. The Balaban J connectivity index is 2.75. The molecule has 2 rings (SSSR count). The minimum Gasteiger partial charge on any atom is -0.0579 e. The molecule has 0 atom stereocenters. The van der Waals surface area contributed by atoms with E-state index in [9.17, 15) is 0 Å². The van der Waals surface area contributed by atoms with Gasteiger partial charge in [-0.25, -0.2) is 0 Å². The predicted molar refractivity (Wildman–Crippen MR) is 74.2 cm³/mol. The Morgan fingerprint density at radius 3 is 2.19 bits per heavy atom. The molecule has 1 aromatic rings. The summed E-state index contributed by atoms with van der Waals surface area (Å²) in [7, 11) is 0. The number of rotatable bonds is 0. The van der Waals surface area contributed by atoms with Crippen molar-refractivity contribution in [2.24, 2.45) is 0 Å². The second kappa shape index (κ2) is 3.60. The lowest BCUT2D eigenvalue weighted by Gasteiger charge is -2.42. The van der Waals surface area contributed by atoms with Crippen LogP contribution >= 0.6 is 15.9 Å². The van der Waals surface area contributed by atoms with Crippen molar-refractivity contribution in [1.82, 2.24) is 0 Å². The summed E-state index contributed by atoms with van der Waals surface area (Å²) in [5, 5.41) is 0. The molecule has 88 valence electrons. The molecule has 1 aliphatic carbocycles. The third kappa shape index (κ3) is 1.73. The Bertz CT molecular complexity index is 427. The van der Waals surface area contributed by atoms with Gasteiger partial charge in [0.1, 0.15) is 0 Å². The van der Waals surface area contributed by atoms with E-state index in [1.165, 1.54) is 34.0 Å². The van der Waals surface area contributed by atoms with E-state index in [4.69, 9.17) is 0 Å². The maximum atomic E-state index is 3.79. The molecule has 1 heteroatoms. The van der Waals surface area contributed by atoms with Gasteiger partial charge in [0.15, 0.2) is 0 Å². The van der Waals surface area contributed by atoms with Gasteiger partial charge in [-0.1, -0.05) is 55.8 Å². The first kappa shape index (κ1) is 12.2. The molecule has 0 saturated heterocycles. The third-order valence-corrected chi connectivity index (χ3v) is 5.14. The van der Waals surface area contributed by atoms with Gasteiger partial charge < -0.3 is 0 Å². The monoisotopic (exact) mass is 280 g/mol. The summed E-state index contributed by atoms with van der Waals surface area (Å²) in [6.07, 6.45) is 2.55. The van der Waals surface area contributed by atoms with E-state index >= 15 is 0 Å². The van der Waals surface area contributed by atoms with Crippen molar-refractivity contribution in [3.05, 3.63) is 33.3 Å². The van der Waals surface area contributed by atoms with Crippen molar-refractivity contribution in [3.63, 3.8) is 0 Å². The van der Waals surface area contributed by atoms with E-state index in [2.05, 4.69) is 62.7 Å². The first-order valence-electron chi connectivity index (χ1n) is 6.06. The van der Waals surface area contributed by atoms with Crippen LogP contribution in [0.25, 0.3) is 0 Å². The minimum atomic E-state index is 0.301. The predicted octanol–water partition coefficient (Wildman–Crippen LogP) is 5.11. The number of halogens is 1. The van der Waals surface area contributed by atoms with Gasteiger partial charge in [0.2, 0.25) is 0 Å². The summed E-state index contributed by atoms with van der Waals surface area (Å²) in [5.74, 6) is 0. The number of fused-ring (bicyclic) bond motifs is 1. The molecule has 0 spiro atoms. The SMILES string of the molecule is Cc1ccc2c(c1Br)C(C)(C)CCC2(C)C. The molecule has 0 aromatic heterocycles. The molecule has 0 fully saturated rings. The molecule has 0 aliphatic heterocycles. The molecule has 0 bridgehead atoms. The first-order valence-corrected chi connectivity index (χ1v) is 6.85. The highest BCUT2D eigenvalue weighted by Crippen LogP contribution is 2.48. The van der Waals surface area contributed by atoms with Gasteiger partial charge in [-0.05, 0) is 47.3 Å². The van der Waals surface area contributed by atoms with E-state index in [1.54, 1.807) is 0 Å². The lowest BCUT2D eigenvalue weighted by Crippen LogP contribution is -2.34. The van der Waals surface area contributed by atoms with Crippen LogP contribution in [-0.2, 0) is 10.8 Å². The van der Waals surface area contributed by atoms with E-state index in [0.29, 0.717) is 10.8 Å². The fraction of sp³-hybridized carbons (Fsp3) is 0.600. The highest BCUT2D eigenvalue weighted by atomic mass is 79.9. The fourth-order valence-electron chi connectivity index (χ4n) is 2.79. The summed E-state index contributed by atoms with van der Waals surface area (Å²) in [6, 6.07) is 4.57. The third-order valence-electron chi connectivity index (χ3n) is 4.12. The van der Waals surface area contributed by atoms with Crippen LogP contribution in [-0.4, -0.2) is 0 Å². The molecular formula is C15H21Br. The topological polar surface area (TPSA) is 0 Å². The molecule has 0 radical (unpaired) electrons. The zero-order valence-electron chi connectivity index (χ0n) is 10.9. The molecule has 0 N–H and O–H groups in total. The quantitative estimate of drug-likeness (QED) is 0.620. The van der Waals surface area contributed by atoms with Crippen molar-refractivity contribution < 1.29 is 0 Å². The lowest BCUT2D eigenvalue weighted by molar-refractivity contribution is 0.330. The molecule has 0 saturated carbocycles. The Hall–Kier alpha value is -0.300. The van der Waals surface area contributed by atoms with Crippen molar-refractivity contribution in [2.75, 3.05) is 0 Å². The van der Waals surface area contributed by atoms with Crippen molar-refractivity contribution >= 4 is 15.9 Å². The first-order chi connectivity index (χ1) is 7.26. The summed E-state index contributed by atoms with van der Waals surface area (Å²) >= 11 is 3.79. The summed E-state index contributed by atoms with van der Waals surface area (Å²) in [5.41, 5.74) is 5.03. The number of hydrogen-bond donors (Lipinski definition) is 0. The van der Waals surface area contributed by atoms with Gasteiger partial charge in [-0.3, -0.25) is 0 Å². The Morgan fingerprint density at radius 2 is 1.56 bits per heavy atom. The molecule has 0 nitrogen and oxygen atoms in total. The second-order valence-electron chi connectivity index (χ2n) is 6.39. The second-order valence-corrected chi connectivity index (χ2v) is 7.18. The van der Waals surface area contributed by atoms with E-state index in [0.717, 1.165) is 0 Å². The Labute approximate surface area is 108 Å². The van der Waals surface area contributed by atoms with Crippen LogP contribution in [0, 0.1) is 6.92 Å². The van der Waals surface area contributed by atoms with E-state index in [1.807, 2.05) is 0 Å². The van der Waals surface area contributed by atoms with Gasteiger partial charge >= 0.3 is 0 Å². The van der Waals surface area contributed by atoms with Gasteiger partial charge in [0, 0.05) is 4.47 Å². The minimum absolute atomic E-state index is 0.301. The zero-order valence-corrected chi connectivity index (χ0v) is 12.5. The van der Waals surface area contributed by atoms with Crippen LogP contribution in [0.5, 0.6) is 0 Å². The molecule has 0 heterocycles. The van der Waals surface area contributed by atoms with Crippen LogP contribution < -0.4 is 0 Å². The van der Waals surface area contributed by atoms with Crippen molar-refractivity contribution in [2.45, 2.75) is 58.3 Å². The number of benzene rings is 1. The number of aryl methyl sites for hydroxylation is 1. The van der Waals surface area contributed by atoms with Crippen LogP contribution in [0.2, 0.25) is 0 Å². The maximum Gasteiger partial charge on any atom is 0.0244 e. The summed E-state index contributed by atoms with van der Waals surface area (Å²) in [6.45, 7) is 11.6. The van der Waals surface area contributed by atoms with Crippen LogP contribution in [0.1, 0.15) is 57.2 Å². The average molecular weight is 281 g/mol. The lowest BCUT2D eigenvalue weighted by atomic mass is 9.63. The highest BCUT2D eigenvalue weighted by molar-refractivity contribution is 9.10. The molecule has 16 heavy (non-hydrogen) atoms. The summed E-state index contributed by atoms with van der Waals surface area (Å²) in [4.78, 5) is 0. The Kier molecular flexibility index (Phi) is 2.73. The summed E-state index contributed by atoms with van der Waals surface area (Å²) < 4.78 is 1.32. The molecule has 0 unspecified atom stereocenters. The van der Waals surface area contributed by atoms with Gasteiger partial charge in [0.05, 0.1) is 0 Å². The fourth-order valence-corrected chi connectivity index (χ4v) is 3.67. The highest BCUT2D eigenvalue weighted by Gasteiger charge is 2.38. The molecule has 1 aliphatic rings. The van der Waals surface area contributed by atoms with Gasteiger partial charge in [0.25, 0.3) is 0 Å². The van der Waals surface area contributed by atoms with Crippen molar-refractivity contribution in [1.29, 1.82) is 0 Å². The van der Waals surface area contributed by atoms with Crippen LogP contribution in [0.4, 0.5) is 0 Å². The average Bonchev–Trinajstić information content (AvgIpc) is 2.17. The maximum absolute atomic E-state index is 3.79. The van der Waals surface area contributed by atoms with E-state index < -0.39 is 0 Å². The molecule has 0 amide bonds. The Morgan fingerprint density at radius 1 is 1.00 bits per heavy atom. The molecular weight excluding hydrogens is 260 g/mol. The van der Waals surface area contributed by atoms with Crippen LogP contribution in [0.15, 0.2) is 16.6 Å². The number of hydrogen-bond acceptors (Lipinski definition) is 0. The van der Waals surface area contributed by atoms with Crippen LogP contribution in [0.3, 0.4) is 0 Å². The van der Waals surface area contributed by atoms with E-state index in [-0.39, 0.29) is 0 Å². The standard InChI is InChI=1S/C15H21Br/c1-10-6-7-11-12(13(10)16)15(4,5)9-8-14(11,2)3/h6-7H,8-9H2,1-5H3. The molecule has 1 aromatic carbocycles. The largest absolute Gasteiger partial charge is 0.0579 e. The zero-order chi connectivity index (χ0) is 12.1. The normalized spacial score (nSPS) is 21.6. The van der Waals surface area contributed by atoms with Gasteiger partial charge in [-0.15, -0.1) is 0 Å². The van der Waals surface area contributed by atoms with Gasteiger partial charge in [-0.2, -0.15) is 0 Å².